The summed E-state index contributed by atoms with van der Waals surface area (Å²) < 4.78 is 10.8. The molecule has 2 aromatic carbocycles. The molecule has 26 heavy (non-hydrogen) atoms. The van der Waals surface area contributed by atoms with Gasteiger partial charge in [-0.05, 0) is 18.2 Å². The molecule has 1 N–H and O–H groups in total. The number of nitro groups is 1. The van der Waals surface area contributed by atoms with E-state index in [9.17, 15) is 14.9 Å². The third-order valence-electron chi connectivity index (χ3n) is 3.50. The van der Waals surface area contributed by atoms with Crippen molar-refractivity contribution >= 4 is 49.9 Å². The molecule has 134 valence electrons. The van der Waals surface area contributed by atoms with Crippen LogP contribution < -0.4 is 14.8 Å². The van der Waals surface area contributed by atoms with E-state index in [2.05, 4.69) is 10.3 Å². The van der Waals surface area contributed by atoms with Crippen LogP contribution in [-0.4, -0.2) is 30.0 Å². The number of carbonyl (C=O) groups is 1. The van der Waals surface area contributed by atoms with Gasteiger partial charge in [-0.15, -0.1) is 0 Å². The first-order valence-electron chi connectivity index (χ1n) is 7.20. The van der Waals surface area contributed by atoms with E-state index in [0.717, 1.165) is 11.3 Å². The lowest BCUT2D eigenvalue weighted by Gasteiger charge is -2.08. The van der Waals surface area contributed by atoms with Crippen molar-refractivity contribution in [2.24, 2.45) is 0 Å². The number of nitrogens with zero attached hydrogens (tertiary/aromatic N) is 2. The number of thiazole rings is 1. The Morgan fingerprint density at radius 1 is 1.23 bits per heavy atom. The molecule has 1 aromatic heterocycles. The summed E-state index contributed by atoms with van der Waals surface area (Å²) in [5.41, 5.74) is 0.557. The monoisotopic (exact) mass is 393 g/mol. The first kappa shape index (κ1) is 17.9. The van der Waals surface area contributed by atoms with Gasteiger partial charge in [0.2, 0.25) is 0 Å². The van der Waals surface area contributed by atoms with E-state index in [-0.39, 0.29) is 22.1 Å². The van der Waals surface area contributed by atoms with Gasteiger partial charge in [0.25, 0.3) is 11.6 Å². The van der Waals surface area contributed by atoms with Gasteiger partial charge in [-0.2, -0.15) is 0 Å². The molecule has 10 heteroatoms. The van der Waals surface area contributed by atoms with Crippen LogP contribution in [0.1, 0.15) is 10.4 Å². The number of hydrogen-bond acceptors (Lipinski definition) is 7. The van der Waals surface area contributed by atoms with Crippen molar-refractivity contribution in [1.82, 2.24) is 4.98 Å². The Morgan fingerprint density at radius 2 is 1.96 bits per heavy atom. The summed E-state index contributed by atoms with van der Waals surface area (Å²) in [6.45, 7) is 0. The van der Waals surface area contributed by atoms with Crippen LogP contribution in [0.4, 0.5) is 10.8 Å². The van der Waals surface area contributed by atoms with Gasteiger partial charge in [0, 0.05) is 11.1 Å². The summed E-state index contributed by atoms with van der Waals surface area (Å²) >= 11 is 7.04. The molecule has 0 spiro atoms. The number of aromatic nitrogens is 1. The number of anilines is 1. The minimum Gasteiger partial charge on any atom is -0.496 e. The molecule has 0 saturated carbocycles. The van der Waals surface area contributed by atoms with E-state index in [1.54, 1.807) is 12.1 Å². The molecule has 0 aliphatic heterocycles. The number of hydrogen-bond donors (Lipinski definition) is 1. The Hall–Kier alpha value is -2.91. The molecule has 0 saturated heterocycles. The topological polar surface area (TPSA) is 104 Å². The maximum Gasteiger partial charge on any atom is 0.274 e. The van der Waals surface area contributed by atoms with Crippen LogP contribution in [0, 0.1) is 10.1 Å². The van der Waals surface area contributed by atoms with Gasteiger partial charge < -0.3 is 9.47 Å². The summed E-state index contributed by atoms with van der Waals surface area (Å²) in [6.07, 6.45) is 0. The van der Waals surface area contributed by atoms with Gasteiger partial charge in [0.15, 0.2) is 10.9 Å². The smallest absolute Gasteiger partial charge is 0.274 e. The highest BCUT2D eigenvalue weighted by Crippen LogP contribution is 2.36. The predicted molar refractivity (Wildman–Crippen MR) is 98.8 cm³/mol. The Bertz CT molecular complexity index is 1020. The van der Waals surface area contributed by atoms with Crippen LogP contribution in [0.2, 0.25) is 5.02 Å². The number of rotatable bonds is 5. The Balaban J connectivity index is 1.98. The van der Waals surface area contributed by atoms with E-state index in [0.29, 0.717) is 21.0 Å². The highest BCUT2D eigenvalue weighted by atomic mass is 35.5. The third kappa shape index (κ3) is 3.39. The van der Waals surface area contributed by atoms with E-state index in [4.69, 9.17) is 21.1 Å². The molecule has 0 aliphatic carbocycles. The van der Waals surface area contributed by atoms with E-state index in [1.807, 2.05) is 0 Å². The van der Waals surface area contributed by atoms with Gasteiger partial charge in [-0.3, -0.25) is 20.2 Å². The highest BCUT2D eigenvalue weighted by Gasteiger charge is 2.19. The number of non-ortho nitro benzene ring substituents is 1. The zero-order chi connectivity index (χ0) is 18.8. The second kappa shape index (κ2) is 7.14. The zero-order valence-electron chi connectivity index (χ0n) is 13.6. The lowest BCUT2D eigenvalue weighted by molar-refractivity contribution is -0.384. The number of benzene rings is 2. The van der Waals surface area contributed by atoms with Crippen molar-refractivity contribution in [3.05, 3.63) is 51.0 Å². The summed E-state index contributed by atoms with van der Waals surface area (Å²) in [4.78, 5) is 27.3. The number of ether oxygens (including phenoxy) is 2. The normalized spacial score (nSPS) is 10.6. The van der Waals surface area contributed by atoms with E-state index < -0.39 is 10.8 Å². The average Bonchev–Trinajstić information content (AvgIpc) is 3.02. The lowest BCUT2D eigenvalue weighted by Crippen LogP contribution is -2.13. The van der Waals surface area contributed by atoms with Crippen molar-refractivity contribution in [3.63, 3.8) is 0 Å². The van der Waals surface area contributed by atoms with Gasteiger partial charge in [-0.1, -0.05) is 22.9 Å². The SMILES string of the molecule is COc1ccc(Cl)cc1C(=O)Nc1nc2c(OC)cc([N+](=O)[O-])cc2s1. The van der Waals surface area contributed by atoms with Crippen molar-refractivity contribution in [2.75, 3.05) is 19.5 Å². The molecular formula is C16H12ClN3O5S. The van der Waals surface area contributed by atoms with Gasteiger partial charge >= 0.3 is 0 Å². The van der Waals surface area contributed by atoms with Crippen LogP contribution in [-0.2, 0) is 0 Å². The average molecular weight is 394 g/mol. The minimum atomic E-state index is -0.517. The molecule has 3 aromatic rings. The molecule has 0 bridgehead atoms. The van der Waals surface area contributed by atoms with Crippen LogP contribution in [0.3, 0.4) is 0 Å². The number of methoxy groups -OCH3 is 2. The highest BCUT2D eigenvalue weighted by molar-refractivity contribution is 7.22. The van der Waals surface area contributed by atoms with E-state index in [1.165, 1.54) is 32.4 Å². The Kier molecular flexibility index (Phi) is 4.92. The Labute approximate surface area is 156 Å². The fourth-order valence-corrected chi connectivity index (χ4v) is 3.41. The van der Waals surface area contributed by atoms with Crippen LogP contribution in [0.5, 0.6) is 11.5 Å². The van der Waals surface area contributed by atoms with Gasteiger partial charge in [0.05, 0.1) is 35.5 Å². The van der Waals surface area contributed by atoms with Crippen molar-refractivity contribution in [2.45, 2.75) is 0 Å². The quantitative estimate of drug-likeness (QED) is 0.516. The number of halogens is 1. The second-order valence-corrected chi connectivity index (χ2v) is 6.54. The molecule has 0 fully saturated rings. The fraction of sp³-hybridized carbons (Fsp3) is 0.125. The minimum absolute atomic E-state index is 0.118. The van der Waals surface area contributed by atoms with Crippen molar-refractivity contribution in [1.29, 1.82) is 0 Å². The standard InChI is InChI=1S/C16H12ClN3O5S/c1-24-11-4-3-8(17)5-10(11)15(21)19-16-18-14-12(25-2)6-9(20(22)23)7-13(14)26-16/h3-7H,1-2H3,(H,18,19,21). The first-order valence-corrected chi connectivity index (χ1v) is 8.40. The number of fused-ring (bicyclic) bond motifs is 1. The molecule has 3 rings (SSSR count). The fourth-order valence-electron chi connectivity index (χ4n) is 2.32. The molecule has 0 atom stereocenters. The number of carbonyl (C=O) groups excluding carboxylic acids is 1. The molecule has 8 nitrogen and oxygen atoms in total. The van der Waals surface area contributed by atoms with Crippen molar-refractivity contribution in [3.8, 4) is 11.5 Å². The second-order valence-electron chi connectivity index (χ2n) is 5.07. The molecule has 0 aliphatic rings. The van der Waals surface area contributed by atoms with Crippen LogP contribution in [0.15, 0.2) is 30.3 Å². The van der Waals surface area contributed by atoms with Gasteiger partial charge in [-0.25, -0.2) is 4.98 Å². The predicted octanol–water partition coefficient (Wildman–Crippen LogP) is 4.13. The van der Waals surface area contributed by atoms with Crippen LogP contribution in [0.25, 0.3) is 10.2 Å². The van der Waals surface area contributed by atoms with Crippen molar-refractivity contribution < 1.29 is 19.2 Å². The molecule has 0 unspecified atom stereocenters. The zero-order valence-corrected chi connectivity index (χ0v) is 15.2. The summed E-state index contributed by atoms with van der Waals surface area (Å²) in [5.74, 6) is 0.157. The molecule has 1 amide bonds. The Morgan fingerprint density at radius 3 is 2.62 bits per heavy atom. The maximum atomic E-state index is 12.5. The summed E-state index contributed by atoms with van der Waals surface area (Å²) in [5, 5.41) is 14.3. The maximum absolute atomic E-state index is 12.5. The van der Waals surface area contributed by atoms with Crippen LogP contribution >= 0.6 is 22.9 Å². The molecular weight excluding hydrogens is 382 g/mol. The molecule has 1 heterocycles. The first-order chi connectivity index (χ1) is 12.4. The largest absolute Gasteiger partial charge is 0.496 e. The molecule has 0 radical (unpaired) electrons. The number of nitrogens with one attached hydrogen (secondary N) is 1. The summed E-state index contributed by atoms with van der Waals surface area (Å²) in [7, 11) is 2.84. The lowest BCUT2D eigenvalue weighted by atomic mass is 10.2. The number of amides is 1. The van der Waals surface area contributed by atoms with E-state index >= 15 is 0 Å². The summed E-state index contributed by atoms with van der Waals surface area (Å²) in [6, 6.07) is 7.34. The third-order valence-corrected chi connectivity index (χ3v) is 4.65. The number of nitro benzene ring substituents is 1. The van der Waals surface area contributed by atoms with Gasteiger partial charge in [0.1, 0.15) is 11.3 Å².